The molecule has 0 saturated heterocycles. The van der Waals surface area contributed by atoms with E-state index in [9.17, 15) is 4.79 Å². The summed E-state index contributed by atoms with van der Waals surface area (Å²) in [4.78, 5) is 11.8. The SMILES string of the molecule is NC(CC1CCCCC1)C(=O)OCc1ccccc1. The Morgan fingerprint density at radius 2 is 1.89 bits per heavy atom. The van der Waals surface area contributed by atoms with Crippen LogP contribution < -0.4 is 5.73 Å². The van der Waals surface area contributed by atoms with Gasteiger partial charge < -0.3 is 10.5 Å². The van der Waals surface area contributed by atoms with Crippen LogP contribution in [0.1, 0.15) is 44.1 Å². The van der Waals surface area contributed by atoms with Gasteiger partial charge in [0.15, 0.2) is 0 Å². The maximum absolute atomic E-state index is 11.8. The molecule has 0 heterocycles. The number of nitrogens with two attached hydrogens (primary N) is 1. The summed E-state index contributed by atoms with van der Waals surface area (Å²) in [6.45, 7) is 0.317. The zero-order valence-corrected chi connectivity index (χ0v) is 11.4. The van der Waals surface area contributed by atoms with Crippen molar-refractivity contribution in [2.24, 2.45) is 11.7 Å². The molecule has 2 N–H and O–H groups in total. The van der Waals surface area contributed by atoms with Crippen molar-refractivity contribution in [2.45, 2.75) is 51.2 Å². The van der Waals surface area contributed by atoms with Crippen molar-refractivity contribution in [3.05, 3.63) is 35.9 Å². The van der Waals surface area contributed by atoms with Gasteiger partial charge in [-0.15, -0.1) is 0 Å². The summed E-state index contributed by atoms with van der Waals surface area (Å²) in [5.41, 5.74) is 6.94. The van der Waals surface area contributed by atoms with Crippen LogP contribution in [-0.4, -0.2) is 12.0 Å². The Kier molecular flexibility index (Phi) is 5.40. The summed E-state index contributed by atoms with van der Waals surface area (Å²) in [6.07, 6.45) is 7.06. The van der Waals surface area contributed by atoms with Gasteiger partial charge in [0.05, 0.1) is 0 Å². The average Bonchev–Trinajstić information content (AvgIpc) is 2.47. The fourth-order valence-corrected chi connectivity index (χ4v) is 2.71. The van der Waals surface area contributed by atoms with E-state index in [1.165, 1.54) is 32.1 Å². The fraction of sp³-hybridized carbons (Fsp3) is 0.562. The molecule has 0 spiro atoms. The third-order valence-electron chi connectivity index (χ3n) is 3.84. The van der Waals surface area contributed by atoms with Crippen LogP contribution in [0.2, 0.25) is 0 Å². The predicted octanol–water partition coefficient (Wildman–Crippen LogP) is 3.03. The molecule has 2 rings (SSSR count). The highest BCUT2D eigenvalue weighted by Crippen LogP contribution is 2.27. The van der Waals surface area contributed by atoms with Crippen LogP contribution in [0.5, 0.6) is 0 Å². The largest absolute Gasteiger partial charge is 0.460 e. The van der Waals surface area contributed by atoms with E-state index in [0.717, 1.165) is 12.0 Å². The molecule has 1 aromatic carbocycles. The quantitative estimate of drug-likeness (QED) is 0.829. The van der Waals surface area contributed by atoms with Gasteiger partial charge in [-0.05, 0) is 17.9 Å². The van der Waals surface area contributed by atoms with Crippen molar-refractivity contribution >= 4 is 5.97 Å². The highest BCUT2D eigenvalue weighted by molar-refractivity contribution is 5.75. The molecular formula is C16H23NO2. The zero-order valence-electron chi connectivity index (χ0n) is 11.4. The highest BCUT2D eigenvalue weighted by Gasteiger charge is 2.22. The molecule has 0 aromatic heterocycles. The van der Waals surface area contributed by atoms with Gasteiger partial charge in [0.2, 0.25) is 0 Å². The van der Waals surface area contributed by atoms with Gasteiger partial charge in [0.25, 0.3) is 0 Å². The first kappa shape index (κ1) is 14.1. The van der Waals surface area contributed by atoms with Crippen LogP contribution in [0.4, 0.5) is 0 Å². The number of hydrogen-bond donors (Lipinski definition) is 1. The van der Waals surface area contributed by atoms with Crippen molar-refractivity contribution in [3.8, 4) is 0 Å². The molecular weight excluding hydrogens is 238 g/mol. The van der Waals surface area contributed by atoms with E-state index < -0.39 is 6.04 Å². The smallest absolute Gasteiger partial charge is 0.323 e. The number of carbonyl (C=O) groups excluding carboxylic acids is 1. The number of carbonyl (C=O) groups is 1. The third-order valence-corrected chi connectivity index (χ3v) is 3.84. The Balaban J connectivity index is 1.72. The normalized spacial score (nSPS) is 17.9. The fourth-order valence-electron chi connectivity index (χ4n) is 2.71. The minimum Gasteiger partial charge on any atom is -0.460 e. The molecule has 104 valence electrons. The average molecular weight is 261 g/mol. The van der Waals surface area contributed by atoms with Crippen molar-refractivity contribution in [1.82, 2.24) is 0 Å². The van der Waals surface area contributed by atoms with Gasteiger partial charge in [0, 0.05) is 0 Å². The maximum atomic E-state index is 11.8. The summed E-state index contributed by atoms with van der Waals surface area (Å²) in [5.74, 6) is 0.336. The second-order valence-electron chi connectivity index (χ2n) is 5.44. The Morgan fingerprint density at radius 3 is 2.58 bits per heavy atom. The summed E-state index contributed by atoms with van der Waals surface area (Å²) in [5, 5.41) is 0. The van der Waals surface area contributed by atoms with Crippen LogP contribution in [0.3, 0.4) is 0 Å². The Labute approximate surface area is 115 Å². The molecule has 0 amide bonds. The van der Waals surface area contributed by atoms with Gasteiger partial charge in [-0.3, -0.25) is 4.79 Å². The van der Waals surface area contributed by atoms with E-state index in [2.05, 4.69) is 0 Å². The lowest BCUT2D eigenvalue weighted by atomic mass is 9.85. The van der Waals surface area contributed by atoms with Gasteiger partial charge >= 0.3 is 5.97 Å². The van der Waals surface area contributed by atoms with E-state index in [-0.39, 0.29) is 5.97 Å². The predicted molar refractivity (Wildman–Crippen MR) is 75.4 cm³/mol. The molecule has 0 bridgehead atoms. The van der Waals surface area contributed by atoms with Gasteiger partial charge in [-0.25, -0.2) is 0 Å². The van der Waals surface area contributed by atoms with Crippen LogP contribution >= 0.6 is 0 Å². The standard InChI is InChI=1S/C16H23NO2/c17-15(11-13-7-3-1-4-8-13)16(18)19-12-14-9-5-2-6-10-14/h2,5-6,9-10,13,15H,1,3-4,7-8,11-12,17H2. The van der Waals surface area contributed by atoms with Crippen molar-refractivity contribution in [3.63, 3.8) is 0 Å². The lowest BCUT2D eigenvalue weighted by Gasteiger charge is -2.23. The number of rotatable bonds is 5. The summed E-state index contributed by atoms with van der Waals surface area (Å²) in [6, 6.07) is 9.24. The summed E-state index contributed by atoms with van der Waals surface area (Å²) >= 11 is 0. The highest BCUT2D eigenvalue weighted by atomic mass is 16.5. The number of esters is 1. The minimum atomic E-state index is -0.466. The molecule has 0 radical (unpaired) electrons. The molecule has 1 saturated carbocycles. The minimum absolute atomic E-state index is 0.269. The Morgan fingerprint density at radius 1 is 1.21 bits per heavy atom. The van der Waals surface area contributed by atoms with Gasteiger partial charge in [-0.1, -0.05) is 62.4 Å². The second-order valence-corrected chi connectivity index (χ2v) is 5.44. The molecule has 19 heavy (non-hydrogen) atoms. The van der Waals surface area contributed by atoms with E-state index >= 15 is 0 Å². The first-order chi connectivity index (χ1) is 9.25. The first-order valence-electron chi connectivity index (χ1n) is 7.22. The van der Waals surface area contributed by atoms with Crippen LogP contribution in [0.25, 0.3) is 0 Å². The van der Waals surface area contributed by atoms with E-state index in [1.807, 2.05) is 30.3 Å². The monoisotopic (exact) mass is 261 g/mol. The third kappa shape index (κ3) is 4.67. The lowest BCUT2D eigenvalue weighted by molar-refractivity contribution is -0.147. The summed E-state index contributed by atoms with van der Waals surface area (Å²) in [7, 11) is 0. The Hall–Kier alpha value is -1.35. The Bertz CT molecular complexity index is 385. The number of hydrogen-bond acceptors (Lipinski definition) is 3. The number of benzene rings is 1. The summed E-state index contributed by atoms with van der Waals surface area (Å²) < 4.78 is 5.27. The molecule has 3 nitrogen and oxygen atoms in total. The molecule has 1 aromatic rings. The van der Waals surface area contributed by atoms with Crippen molar-refractivity contribution < 1.29 is 9.53 Å². The van der Waals surface area contributed by atoms with E-state index in [1.54, 1.807) is 0 Å². The van der Waals surface area contributed by atoms with E-state index in [4.69, 9.17) is 10.5 Å². The van der Waals surface area contributed by atoms with Crippen molar-refractivity contribution in [1.29, 1.82) is 0 Å². The second kappa shape index (κ2) is 7.29. The van der Waals surface area contributed by atoms with Crippen molar-refractivity contribution in [2.75, 3.05) is 0 Å². The van der Waals surface area contributed by atoms with Gasteiger partial charge in [0.1, 0.15) is 12.6 Å². The van der Waals surface area contributed by atoms with Crippen LogP contribution in [0.15, 0.2) is 30.3 Å². The molecule has 3 heteroatoms. The molecule has 1 fully saturated rings. The lowest BCUT2D eigenvalue weighted by Crippen LogP contribution is -2.34. The molecule has 1 aliphatic carbocycles. The van der Waals surface area contributed by atoms with Crippen LogP contribution in [0, 0.1) is 5.92 Å². The molecule has 1 aliphatic rings. The van der Waals surface area contributed by atoms with Gasteiger partial charge in [-0.2, -0.15) is 0 Å². The molecule has 0 aliphatic heterocycles. The van der Waals surface area contributed by atoms with E-state index in [0.29, 0.717) is 12.5 Å². The maximum Gasteiger partial charge on any atom is 0.323 e. The molecule has 1 atom stereocenters. The molecule has 1 unspecified atom stereocenters. The topological polar surface area (TPSA) is 52.3 Å². The number of ether oxygens (including phenoxy) is 1. The van der Waals surface area contributed by atoms with Crippen LogP contribution in [-0.2, 0) is 16.1 Å². The first-order valence-corrected chi connectivity index (χ1v) is 7.22. The zero-order chi connectivity index (χ0) is 13.5.